The molecule has 3 amide bonds. The standard InChI is InChI=1S/C24H21F4N3O3/c1-31(13-14-34-21-10-6-5-9-19(21)25)23(33)30-20-12-11-17(15-18(20)24(26,27)28)29-22(32)16-7-3-2-4-8-16/h2-12,15H,13-14H2,1H3,(H,29,32)(H,30,33). The van der Waals surface area contributed by atoms with E-state index in [4.69, 9.17) is 4.74 Å². The van der Waals surface area contributed by atoms with Crippen molar-refractivity contribution in [3.8, 4) is 5.75 Å². The Morgan fingerprint density at radius 1 is 0.941 bits per heavy atom. The number of nitrogens with zero attached hydrogens (tertiary/aromatic N) is 1. The second-order valence-corrected chi connectivity index (χ2v) is 7.21. The largest absolute Gasteiger partial charge is 0.489 e. The lowest BCUT2D eigenvalue weighted by atomic mass is 10.1. The lowest BCUT2D eigenvalue weighted by molar-refractivity contribution is -0.136. The number of likely N-dealkylation sites (N-methyl/N-ethyl adjacent to an activating group) is 1. The van der Waals surface area contributed by atoms with E-state index < -0.39 is 35.2 Å². The summed E-state index contributed by atoms with van der Waals surface area (Å²) in [7, 11) is 1.36. The highest BCUT2D eigenvalue weighted by Gasteiger charge is 2.34. The Kier molecular flexibility index (Phi) is 7.72. The zero-order chi connectivity index (χ0) is 24.7. The number of urea groups is 1. The molecule has 0 aliphatic rings. The van der Waals surface area contributed by atoms with Crippen molar-refractivity contribution in [1.82, 2.24) is 4.90 Å². The lowest BCUT2D eigenvalue weighted by Crippen LogP contribution is -2.35. The summed E-state index contributed by atoms with van der Waals surface area (Å²) in [5.74, 6) is -1.13. The third-order valence-corrected chi connectivity index (χ3v) is 4.73. The number of alkyl halides is 3. The Hall–Kier alpha value is -4.08. The molecule has 10 heteroatoms. The van der Waals surface area contributed by atoms with Crippen molar-refractivity contribution in [2.75, 3.05) is 30.8 Å². The Balaban J connectivity index is 1.66. The number of rotatable bonds is 7. The number of para-hydroxylation sites is 1. The van der Waals surface area contributed by atoms with Crippen LogP contribution in [0.2, 0.25) is 0 Å². The van der Waals surface area contributed by atoms with Crippen molar-refractivity contribution in [2.24, 2.45) is 0 Å². The van der Waals surface area contributed by atoms with Gasteiger partial charge in [-0.3, -0.25) is 4.79 Å². The van der Waals surface area contributed by atoms with Gasteiger partial charge in [0.25, 0.3) is 5.91 Å². The maximum absolute atomic E-state index is 13.6. The van der Waals surface area contributed by atoms with Crippen molar-refractivity contribution in [1.29, 1.82) is 0 Å². The van der Waals surface area contributed by atoms with E-state index in [-0.39, 0.29) is 30.2 Å². The molecule has 0 fully saturated rings. The molecule has 34 heavy (non-hydrogen) atoms. The number of hydrogen-bond donors (Lipinski definition) is 2. The summed E-state index contributed by atoms with van der Waals surface area (Å²) in [6.07, 6.45) is -4.79. The zero-order valence-corrected chi connectivity index (χ0v) is 18.0. The first-order chi connectivity index (χ1) is 16.1. The van der Waals surface area contributed by atoms with Crippen LogP contribution in [0.3, 0.4) is 0 Å². The van der Waals surface area contributed by atoms with E-state index in [1.807, 2.05) is 0 Å². The van der Waals surface area contributed by atoms with E-state index in [9.17, 15) is 27.2 Å². The molecule has 3 aromatic rings. The Labute approximate surface area is 193 Å². The first-order valence-corrected chi connectivity index (χ1v) is 10.1. The van der Waals surface area contributed by atoms with Gasteiger partial charge in [0.1, 0.15) is 6.61 Å². The van der Waals surface area contributed by atoms with Crippen LogP contribution in [0.5, 0.6) is 5.75 Å². The highest BCUT2D eigenvalue weighted by Crippen LogP contribution is 2.36. The van der Waals surface area contributed by atoms with E-state index in [0.29, 0.717) is 0 Å². The van der Waals surface area contributed by atoms with E-state index in [1.54, 1.807) is 24.3 Å². The molecule has 0 radical (unpaired) electrons. The fraction of sp³-hybridized carbons (Fsp3) is 0.167. The van der Waals surface area contributed by atoms with Gasteiger partial charge >= 0.3 is 12.2 Å². The quantitative estimate of drug-likeness (QED) is 0.435. The van der Waals surface area contributed by atoms with Crippen molar-refractivity contribution < 1.29 is 31.9 Å². The fourth-order valence-electron chi connectivity index (χ4n) is 2.92. The normalized spacial score (nSPS) is 11.0. The average molecular weight is 475 g/mol. The van der Waals surface area contributed by atoms with Crippen LogP contribution in [-0.2, 0) is 6.18 Å². The Morgan fingerprint density at radius 2 is 1.62 bits per heavy atom. The summed E-state index contributed by atoms with van der Waals surface area (Å²) in [6.45, 7) is -0.0752. The topological polar surface area (TPSA) is 70.7 Å². The second kappa shape index (κ2) is 10.7. The summed E-state index contributed by atoms with van der Waals surface area (Å²) in [6, 6.07) is 16.0. The number of carbonyl (C=O) groups excluding carboxylic acids is 2. The van der Waals surface area contributed by atoms with Crippen molar-refractivity contribution in [2.45, 2.75) is 6.18 Å². The molecule has 0 aliphatic heterocycles. The van der Waals surface area contributed by atoms with Gasteiger partial charge in [-0.15, -0.1) is 0 Å². The van der Waals surface area contributed by atoms with Crippen LogP contribution in [-0.4, -0.2) is 37.0 Å². The zero-order valence-electron chi connectivity index (χ0n) is 18.0. The predicted molar refractivity (Wildman–Crippen MR) is 119 cm³/mol. The molecule has 0 atom stereocenters. The van der Waals surface area contributed by atoms with Gasteiger partial charge < -0.3 is 20.3 Å². The Morgan fingerprint density at radius 3 is 2.29 bits per heavy atom. The van der Waals surface area contributed by atoms with E-state index in [2.05, 4.69) is 10.6 Å². The minimum absolute atomic E-state index is 0.00352. The van der Waals surface area contributed by atoms with Crippen LogP contribution in [0.4, 0.5) is 33.7 Å². The molecule has 3 aromatic carbocycles. The molecular formula is C24H21F4N3O3. The molecule has 0 bridgehead atoms. The average Bonchev–Trinajstić information content (AvgIpc) is 2.81. The molecule has 0 heterocycles. The summed E-state index contributed by atoms with van der Waals surface area (Å²) < 4.78 is 59.7. The molecule has 6 nitrogen and oxygen atoms in total. The number of anilines is 2. The summed E-state index contributed by atoms with van der Waals surface area (Å²) >= 11 is 0. The molecule has 0 unspecified atom stereocenters. The maximum Gasteiger partial charge on any atom is 0.418 e. The molecule has 0 spiro atoms. The minimum atomic E-state index is -4.79. The third-order valence-electron chi connectivity index (χ3n) is 4.73. The molecule has 178 valence electrons. The predicted octanol–water partition coefficient (Wildman–Crippen LogP) is 5.64. The van der Waals surface area contributed by atoms with Crippen LogP contribution in [0, 0.1) is 5.82 Å². The number of benzene rings is 3. The second-order valence-electron chi connectivity index (χ2n) is 7.21. The first-order valence-electron chi connectivity index (χ1n) is 10.1. The van der Waals surface area contributed by atoms with Crippen LogP contribution >= 0.6 is 0 Å². The number of amides is 3. The van der Waals surface area contributed by atoms with Gasteiger partial charge in [-0.25, -0.2) is 9.18 Å². The highest BCUT2D eigenvalue weighted by atomic mass is 19.4. The van der Waals surface area contributed by atoms with Crippen molar-refractivity contribution >= 4 is 23.3 Å². The van der Waals surface area contributed by atoms with Gasteiger partial charge in [-0.05, 0) is 42.5 Å². The fourth-order valence-corrected chi connectivity index (χ4v) is 2.92. The Bertz CT molecular complexity index is 1150. The molecule has 0 saturated heterocycles. The molecular weight excluding hydrogens is 454 g/mol. The molecule has 3 rings (SSSR count). The first kappa shape index (κ1) is 24.6. The van der Waals surface area contributed by atoms with Gasteiger partial charge in [0, 0.05) is 18.3 Å². The molecule has 0 saturated carbocycles. The van der Waals surface area contributed by atoms with Gasteiger partial charge in [0.2, 0.25) is 0 Å². The maximum atomic E-state index is 13.6. The molecule has 2 N–H and O–H groups in total. The monoisotopic (exact) mass is 475 g/mol. The molecule has 0 aliphatic carbocycles. The summed E-state index contributed by atoms with van der Waals surface area (Å²) in [4.78, 5) is 25.7. The van der Waals surface area contributed by atoms with Gasteiger partial charge in [0.15, 0.2) is 11.6 Å². The molecule has 0 aromatic heterocycles. The van der Waals surface area contributed by atoms with E-state index in [0.717, 1.165) is 17.0 Å². The lowest BCUT2D eigenvalue weighted by Gasteiger charge is -2.21. The van der Waals surface area contributed by atoms with Crippen LogP contribution in [0.15, 0.2) is 72.8 Å². The van der Waals surface area contributed by atoms with Gasteiger partial charge in [-0.2, -0.15) is 13.2 Å². The van der Waals surface area contributed by atoms with E-state index >= 15 is 0 Å². The van der Waals surface area contributed by atoms with Crippen LogP contribution in [0.1, 0.15) is 15.9 Å². The number of hydrogen-bond acceptors (Lipinski definition) is 3. The van der Waals surface area contributed by atoms with Crippen LogP contribution in [0.25, 0.3) is 0 Å². The van der Waals surface area contributed by atoms with Gasteiger partial charge in [-0.1, -0.05) is 30.3 Å². The smallest absolute Gasteiger partial charge is 0.418 e. The third kappa shape index (κ3) is 6.47. The minimum Gasteiger partial charge on any atom is -0.489 e. The SMILES string of the molecule is CN(CCOc1ccccc1F)C(=O)Nc1ccc(NC(=O)c2ccccc2)cc1C(F)(F)F. The van der Waals surface area contributed by atoms with Gasteiger partial charge in [0.05, 0.1) is 17.8 Å². The summed E-state index contributed by atoms with van der Waals surface area (Å²) in [5, 5.41) is 4.63. The van der Waals surface area contributed by atoms with Crippen molar-refractivity contribution in [3.63, 3.8) is 0 Å². The van der Waals surface area contributed by atoms with Crippen molar-refractivity contribution in [3.05, 3.63) is 89.7 Å². The van der Waals surface area contributed by atoms with E-state index in [1.165, 1.54) is 43.4 Å². The summed E-state index contributed by atoms with van der Waals surface area (Å²) in [5.41, 5.74) is -1.39. The number of ether oxygens (including phenoxy) is 1. The number of carbonyl (C=O) groups is 2. The highest BCUT2D eigenvalue weighted by molar-refractivity contribution is 6.04. The number of halogens is 4. The van der Waals surface area contributed by atoms with Crippen LogP contribution < -0.4 is 15.4 Å². The number of nitrogens with one attached hydrogen (secondary N) is 2.